The Morgan fingerprint density at radius 3 is 2.65 bits per heavy atom. The predicted molar refractivity (Wildman–Crippen MR) is 64.8 cm³/mol. The number of benzene rings is 1. The first kappa shape index (κ1) is 10.2. The molecule has 0 spiro atoms. The fourth-order valence-corrected chi connectivity index (χ4v) is 1.80. The van der Waals surface area contributed by atoms with Crippen molar-refractivity contribution in [2.75, 3.05) is 0 Å². The Morgan fingerprint density at radius 2 is 1.88 bits per heavy atom. The van der Waals surface area contributed by atoms with Crippen LogP contribution in [0.1, 0.15) is 5.56 Å². The van der Waals surface area contributed by atoms with E-state index in [1.165, 1.54) is 11.9 Å². The van der Waals surface area contributed by atoms with Gasteiger partial charge in [0.1, 0.15) is 17.5 Å². The van der Waals surface area contributed by atoms with Gasteiger partial charge in [0, 0.05) is 5.56 Å². The van der Waals surface area contributed by atoms with Crippen LogP contribution in [0.15, 0.2) is 35.1 Å². The van der Waals surface area contributed by atoms with Crippen molar-refractivity contribution < 1.29 is 4.52 Å². The van der Waals surface area contributed by atoms with Crippen LogP contribution in [-0.2, 0) is 0 Å². The first-order chi connectivity index (χ1) is 8.25. The van der Waals surface area contributed by atoms with Gasteiger partial charge in [-0.25, -0.2) is 9.97 Å². The molecule has 0 bridgehead atoms. The van der Waals surface area contributed by atoms with Crippen molar-refractivity contribution in [1.82, 2.24) is 15.1 Å². The third-order valence-electron chi connectivity index (χ3n) is 2.54. The van der Waals surface area contributed by atoms with Gasteiger partial charge in [-0.3, -0.25) is 0 Å². The summed E-state index contributed by atoms with van der Waals surface area (Å²) in [5, 5.41) is 4.27. The molecule has 5 heteroatoms. The normalized spacial score (nSPS) is 10.9. The second kappa shape index (κ2) is 3.82. The highest BCUT2D eigenvalue weighted by molar-refractivity contribution is 6.33. The van der Waals surface area contributed by atoms with Gasteiger partial charge in [0.15, 0.2) is 5.15 Å². The lowest BCUT2D eigenvalue weighted by Crippen LogP contribution is -1.83. The smallest absolute Gasteiger partial charge is 0.223 e. The Balaban J connectivity index is 2.24. The number of hydrogen-bond donors (Lipinski definition) is 0. The molecule has 0 N–H and O–H groups in total. The maximum atomic E-state index is 5.90. The molecule has 17 heavy (non-hydrogen) atoms. The SMILES string of the molecule is Cc1ccc(-c2noc3c(Cl)ncnc23)cc1. The Hall–Kier alpha value is -1.94. The van der Waals surface area contributed by atoms with Crippen LogP contribution in [0.4, 0.5) is 0 Å². The third-order valence-corrected chi connectivity index (χ3v) is 2.81. The molecule has 4 nitrogen and oxygen atoms in total. The molecule has 3 aromatic rings. The van der Waals surface area contributed by atoms with E-state index in [9.17, 15) is 0 Å². The van der Waals surface area contributed by atoms with Crippen molar-refractivity contribution in [3.8, 4) is 11.3 Å². The molecule has 0 radical (unpaired) electrons. The van der Waals surface area contributed by atoms with E-state index < -0.39 is 0 Å². The molecule has 0 fully saturated rings. The number of aromatic nitrogens is 3. The first-order valence-corrected chi connectivity index (χ1v) is 5.46. The van der Waals surface area contributed by atoms with Crippen molar-refractivity contribution >= 4 is 22.7 Å². The average Bonchev–Trinajstić information content (AvgIpc) is 2.75. The summed E-state index contributed by atoms with van der Waals surface area (Å²) in [5.74, 6) is 0. The van der Waals surface area contributed by atoms with Crippen LogP contribution in [0.2, 0.25) is 5.15 Å². The highest BCUT2D eigenvalue weighted by atomic mass is 35.5. The molecule has 2 aromatic heterocycles. The quantitative estimate of drug-likeness (QED) is 0.618. The van der Waals surface area contributed by atoms with Crippen molar-refractivity contribution in [3.05, 3.63) is 41.3 Å². The summed E-state index contributed by atoms with van der Waals surface area (Å²) < 4.78 is 5.16. The fraction of sp³-hybridized carbons (Fsp3) is 0.0833. The Bertz CT molecular complexity index is 676. The standard InChI is InChI=1S/C12H8ClN3O/c1-7-2-4-8(5-3-7)9-10-11(17-16-9)12(13)15-6-14-10/h2-6H,1H3. The summed E-state index contributed by atoms with van der Waals surface area (Å²) >= 11 is 5.90. The van der Waals surface area contributed by atoms with E-state index in [2.05, 4.69) is 15.1 Å². The highest BCUT2D eigenvalue weighted by Gasteiger charge is 2.14. The van der Waals surface area contributed by atoms with E-state index in [4.69, 9.17) is 16.1 Å². The molecule has 0 aliphatic rings. The van der Waals surface area contributed by atoms with Crippen molar-refractivity contribution in [3.63, 3.8) is 0 Å². The van der Waals surface area contributed by atoms with Gasteiger partial charge in [0.25, 0.3) is 0 Å². The second-order valence-corrected chi connectivity index (χ2v) is 4.10. The van der Waals surface area contributed by atoms with E-state index in [1.54, 1.807) is 0 Å². The van der Waals surface area contributed by atoms with Crippen LogP contribution in [0.5, 0.6) is 0 Å². The van der Waals surface area contributed by atoms with Gasteiger partial charge in [-0.15, -0.1) is 0 Å². The van der Waals surface area contributed by atoms with E-state index in [-0.39, 0.29) is 5.15 Å². The number of rotatable bonds is 1. The molecule has 0 saturated carbocycles. The molecule has 0 atom stereocenters. The predicted octanol–water partition coefficient (Wildman–Crippen LogP) is 3.25. The minimum absolute atomic E-state index is 0.279. The van der Waals surface area contributed by atoms with Gasteiger partial charge < -0.3 is 4.52 Å². The van der Waals surface area contributed by atoms with Gasteiger partial charge in [-0.1, -0.05) is 46.6 Å². The fourth-order valence-electron chi connectivity index (χ4n) is 1.64. The van der Waals surface area contributed by atoms with Crippen LogP contribution < -0.4 is 0 Å². The number of hydrogen-bond acceptors (Lipinski definition) is 4. The van der Waals surface area contributed by atoms with Crippen LogP contribution >= 0.6 is 11.6 Å². The highest BCUT2D eigenvalue weighted by Crippen LogP contribution is 2.28. The van der Waals surface area contributed by atoms with Crippen LogP contribution in [0.25, 0.3) is 22.4 Å². The van der Waals surface area contributed by atoms with E-state index >= 15 is 0 Å². The summed E-state index contributed by atoms with van der Waals surface area (Å²) in [7, 11) is 0. The maximum Gasteiger partial charge on any atom is 0.223 e. The largest absolute Gasteiger partial charge is 0.351 e. The van der Waals surface area contributed by atoms with E-state index in [0.29, 0.717) is 16.8 Å². The van der Waals surface area contributed by atoms with Gasteiger partial charge in [-0.05, 0) is 6.92 Å². The molecule has 0 amide bonds. The Labute approximate surface area is 102 Å². The van der Waals surface area contributed by atoms with Gasteiger partial charge in [0.05, 0.1) is 0 Å². The summed E-state index contributed by atoms with van der Waals surface area (Å²) in [5.41, 5.74) is 3.88. The zero-order valence-corrected chi connectivity index (χ0v) is 9.77. The Kier molecular flexibility index (Phi) is 2.30. The van der Waals surface area contributed by atoms with Crippen molar-refractivity contribution in [1.29, 1.82) is 0 Å². The molecular weight excluding hydrogens is 238 g/mol. The minimum Gasteiger partial charge on any atom is -0.351 e. The van der Waals surface area contributed by atoms with Gasteiger partial charge in [0.2, 0.25) is 5.58 Å². The summed E-state index contributed by atoms with van der Waals surface area (Å²) in [4.78, 5) is 8.00. The lowest BCUT2D eigenvalue weighted by Gasteiger charge is -1.96. The molecule has 1 aromatic carbocycles. The molecule has 3 rings (SSSR count). The molecule has 0 unspecified atom stereocenters. The molecule has 0 saturated heterocycles. The lowest BCUT2D eigenvalue weighted by molar-refractivity contribution is 0.458. The van der Waals surface area contributed by atoms with E-state index in [0.717, 1.165) is 5.56 Å². The third kappa shape index (κ3) is 1.66. The average molecular weight is 246 g/mol. The first-order valence-electron chi connectivity index (χ1n) is 5.08. The molecule has 84 valence electrons. The number of nitrogens with zero attached hydrogens (tertiary/aromatic N) is 3. The number of aryl methyl sites for hydroxylation is 1. The summed E-state index contributed by atoms with van der Waals surface area (Å²) in [6.45, 7) is 2.03. The second-order valence-electron chi connectivity index (χ2n) is 3.74. The summed E-state index contributed by atoms with van der Waals surface area (Å²) in [6.07, 6.45) is 1.40. The molecular formula is C12H8ClN3O. The lowest BCUT2D eigenvalue weighted by atomic mass is 10.1. The molecule has 2 heterocycles. The van der Waals surface area contributed by atoms with Crippen LogP contribution in [-0.4, -0.2) is 15.1 Å². The van der Waals surface area contributed by atoms with E-state index in [1.807, 2.05) is 31.2 Å². The summed E-state index contributed by atoms with van der Waals surface area (Å²) in [6, 6.07) is 7.97. The van der Waals surface area contributed by atoms with Gasteiger partial charge in [-0.2, -0.15) is 0 Å². The van der Waals surface area contributed by atoms with Crippen molar-refractivity contribution in [2.45, 2.75) is 6.92 Å². The Morgan fingerprint density at radius 1 is 1.12 bits per heavy atom. The zero-order chi connectivity index (χ0) is 11.8. The topological polar surface area (TPSA) is 51.8 Å². The number of halogens is 1. The molecule has 0 aliphatic carbocycles. The van der Waals surface area contributed by atoms with Crippen LogP contribution in [0.3, 0.4) is 0 Å². The van der Waals surface area contributed by atoms with Gasteiger partial charge >= 0.3 is 0 Å². The molecule has 0 aliphatic heterocycles. The zero-order valence-electron chi connectivity index (χ0n) is 9.01. The monoisotopic (exact) mass is 245 g/mol. The maximum absolute atomic E-state index is 5.90. The van der Waals surface area contributed by atoms with Crippen LogP contribution in [0, 0.1) is 6.92 Å². The number of fused-ring (bicyclic) bond motifs is 1. The van der Waals surface area contributed by atoms with Crippen molar-refractivity contribution in [2.24, 2.45) is 0 Å². The minimum atomic E-state index is 0.279.